The van der Waals surface area contributed by atoms with Crippen LogP contribution in [0.4, 0.5) is 0 Å². The number of aromatic nitrogens is 2. The van der Waals surface area contributed by atoms with Gasteiger partial charge in [-0.3, -0.25) is 4.68 Å². The highest BCUT2D eigenvalue weighted by Crippen LogP contribution is 2.18. The zero-order valence-electron chi connectivity index (χ0n) is 9.52. The summed E-state index contributed by atoms with van der Waals surface area (Å²) in [6.07, 6.45) is 0. The lowest BCUT2D eigenvalue weighted by atomic mass is 10.2. The molecule has 0 radical (unpaired) electrons. The second-order valence-corrected chi connectivity index (χ2v) is 4.98. The number of rotatable bonds is 5. The molecule has 0 unspecified atom stereocenters. The third-order valence-corrected chi connectivity index (χ3v) is 3.46. The molecule has 2 aromatic rings. The highest BCUT2D eigenvalue weighted by molar-refractivity contribution is 7.99. The van der Waals surface area contributed by atoms with E-state index in [9.17, 15) is 0 Å². The van der Waals surface area contributed by atoms with Gasteiger partial charge < -0.3 is 5.73 Å². The Bertz CT molecular complexity index is 464. The van der Waals surface area contributed by atoms with Crippen molar-refractivity contribution in [2.24, 2.45) is 5.73 Å². The molecule has 0 spiro atoms. The molecular weight excluding hydrogens is 218 g/mol. The molecule has 0 saturated carbocycles. The number of fused-ring (bicyclic) bond motifs is 1. The number of nitrogens with zero attached hydrogens (tertiary/aromatic N) is 2. The van der Waals surface area contributed by atoms with Crippen molar-refractivity contribution in [2.45, 2.75) is 20.0 Å². The number of aryl methyl sites for hydroxylation is 1. The Kier molecular flexibility index (Phi) is 3.85. The average molecular weight is 235 g/mol. The second kappa shape index (κ2) is 5.37. The van der Waals surface area contributed by atoms with E-state index in [0.717, 1.165) is 23.7 Å². The quantitative estimate of drug-likeness (QED) is 0.808. The Morgan fingerprint density at radius 3 is 2.94 bits per heavy atom. The zero-order valence-corrected chi connectivity index (χ0v) is 10.3. The first-order valence-corrected chi connectivity index (χ1v) is 6.74. The summed E-state index contributed by atoms with van der Waals surface area (Å²) in [6, 6.07) is 8.29. The largest absolute Gasteiger partial charge is 0.325 e. The normalized spacial score (nSPS) is 11.1. The fourth-order valence-corrected chi connectivity index (χ4v) is 2.40. The van der Waals surface area contributed by atoms with E-state index in [2.05, 4.69) is 28.8 Å². The van der Waals surface area contributed by atoms with Crippen LogP contribution in [0.3, 0.4) is 0 Å². The SMILES string of the molecule is CCSCCn1nc(CN)c2ccccc21. The van der Waals surface area contributed by atoms with Crippen LogP contribution in [0.15, 0.2) is 24.3 Å². The third kappa shape index (κ3) is 2.23. The smallest absolute Gasteiger partial charge is 0.0838 e. The Morgan fingerprint density at radius 2 is 2.19 bits per heavy atom. The van der Waals surface area contributed by atoms with Crippen LogP contribution in [-0.4, -0.2) is 21.3 Å². The minimum Gasteiger partial charge on any atom is -0.325 e. The summed E-state index contributed by atoms with van der Waals surface area (Å²) in [5, 5.41) is 5.74. The van der Waals surface area contributed by atoms with Crippen molar-refractivity contribution in [1.29, 1.82) is 0 Å². The lowest BCUT2D eigenvalue weighted by molar-refractivity contribution is 0.675. The van der Waals surface area contributed by atoms with E-state index in [4.69, 9.17) is 5.73 Å². The van der Waals surface area contributed by atoms with Gasteiger partial charge in [0.25, 0.3) is 0 Å². The summed E-state index contributed by atoms with van der Waals surface area (Å²) in [4.78, 5) is 0. The highest BCUT2D eigenvalue weighted by Gasteiger charge is 2.07. The predicted molar refractivity (Wildman–Crippen MR) is 70.6 cm³/mol. The molecule has 0 aliphatic carbocycles. The summed E-state index contributed by atoms with van der Waals surface area (Å²) in [5.41, 5.74) is 7.89. The van der Waals surface area contributed by atoms with E-state index >= 15 is 0 Å². The Labute approximate surface area is 100 Å². The maximum absolute atomic E-state index is 5.70. The van der Waals surface area contributed by atoms with Crippen LogP contribution in [0.25, 0.3) is 10.9 Å². The molecule has 0 aliphatic rings. The minimum atomic E-state index is 0.508. The van der Waals surface area contributed by atoms with Gasteiger partial charge in [-0.15, -0.1) is 0 Å². The summed E-state index contributed by atoms with van der Waals surface area (Å²) in [6.45, 7) is 3.64. The average Bonchev–Trinajstić information content (AvgIpc) is 2.68. The number of thioether (sulfide) groups is 1. The van der Waals surface area contributed by atoms with Crippen molar-refractivity contribution in [3.63, 3.8) is 0 Å². The fraction of sp³-hybridized carbons (Fsp3) is 0.417. The molecule has 4 heteroatoms. The van der Waals surface area contributed by atoms with Gasteiger partial charge in [0.1, 0.15) is 0 Å². The molecule has 0 aliphatic heterocycles. The van der Waals surface area contributed by atoms with Gasteiger partial charge in [-0.2, -0.15) is 16.9 Å². The third-order valence-electron chi connectivity index (χ3n) is 2.58. The Hall–Kier alpha value is -1.00. The Balaban J connectivity index is 2.30. The summed E-state index contributed by atoms with van der Waals surface area (Å²) in [5.74, 6) is 2.26. The van der Waals surface area contributed by atoms with Crippen molar-refractivity contribution in [2.75, 3.05) is 11.5 Å². The number of hydrogen-bond donors (Lipinski definition) is 1. The first-order chi connectivity index (χ1) is 7.86. The van der Waals surface area contributed by atoms with Crippen molar-refractivity contribution in [1.82, 2.24) is 9.78 Å². The van der Waals surface area contributed by atoms with E-state index in [0.29, 0.717) is 6.54 Å². The van der Waals surface area contributed by atoms with Crippen LogP contribution in [0.5, 0.6) is 0 Å². The standard InChI is InChI=1S/C12H17N3S/c1-2-16-8-7-15-12-6-4-3-5-10(12)11(9-13)14-15/h3-6H,2,7-9,13H2,1H3. The summed E-state index contributed by atoms with van der Waals surface area (Å²) >= 11 is 1.94. The van der Waals surface area contributed by atoms with Crippen molar-refractivity contribution in [3.8, 4) is 0 Å². The van der Waals surface area contributed by atoms with Crippen molar-refractivity contribution in [3.05, 3.63) is 30.0 Å². The van der Waals surface area contributed by atoms with Crippen LogP contribution >= 0.6 is 11.8 Å². The fourth-order valence-electron chi connectivity index (χ4n) is 1.81. The molecule has 16 heavy (non-hydrogen) atoms. The molecule has 1 aromatic heterocycles. The minimum absolute atomic E-state index is 0.508. The van der Waals surface area contributed by atoms with Crippen LogP contribution in [0.2, 0.25) is 0 Å². The van der Waals surface area contributed by atoms with Gasteiger partial charge in [0, 0.05) is 17.7 Å². The molecule has 1 heterocycles. The van der Waals surface area contributed by atoms with E-state index in [1.165, 1.54) is 10.9 Å². The second-order valence-electron chi connectivity index (χ2n) is 3.59. The molecule has 3 nitrogen and oxygen atoms in total. The highest BCUT2D eigenvalue weighted by atomic mass is 32.2. The van der Waals surface area contributed by atoms with Crippen LogP contribution in [0, 0.1) is 0 Å². The van der Waals surface area contributed by atoms with Gasteiger partial charge in [-0.05, 0) is 11.8 Å². The van der Waals surface area contributed by atoms with Gasteiger partial charge in [0.15, 0.2) is 0 Å². The van der Waals surface area contributed by atoms with Crippen LogP contribution in [-0.2, 0) is 13.1 Å². The monoisotopic (exact) mass is 235 g/mol. The zero-order chi connectivity index (χ0) is 11.4. The van der Waals surface area contributed by atoms with E-state index in [1.807, 2.05) is 23.9 Å². The molecule has 1 aromatic carbocycles. The predicted octanol–water partition coefficient (Wildman–Crippen LogP) is 2.25. The molecule has 0 amide bonds. The maximum atomic E-state index is 5.70. The number of hydrogen-bond acceptors (Lipinski definition) is 3. The van der Waals surface area contributed by atoms with Crippen molar-refractivity contribution >= 4 is 22.7 Å². The molecule has 0 saturated heterocycles. The molecule has 0 bridgehead atoms. The van der Waals surface area contributed by atoms with Gasteiger partial charge in [-0.25, -0.2) is 0 Å². The lowest BCUT2D eigenvalue weighted by Crippen LogP contribution is -2.04. The van der Waals surface area contributed by atoms with E-state index < -0.39 is 0 Å². The number of benzene rings is 1. The number of para-hydroxylation sites is 1. The van der Waals surface area contributed by atoms with E-state index in [1.54, 1.807) is 0 Å². The molecular formula is C12H17N3S. The molecule has 86 valence electrons. The van der Waals surface area contributed by atoms with Gasteiger partial charge in [0.2, 0.25) is 0 Å². The molecule has 0 atom stereocenters. The van der Waals surface area contributed by atoms with Gasteiger partial charge in [0.05, 0.1) is 17.8 Å². The lowest BCUT2D eigenvalue weighted by Gasteiger charge is -2.01. The Morgan fingerprint density at radius 1 is 1.38 bits per heavy atom. The first kappa shape index (κ1) is 11.5. The van der Waals surface area contributed by atoms with Crippen LogP contribution < -0.4 is 5.73 Å². The molecule has 2 rings (SSSR count). The first-order valence-electron chi connectivity index (χ1n) is 5.59. The molecule has 2 N–H and O–H groups in total. The summed E-state index contributed by atoms with van der Waals surface area (Å²) < 4.78 is 2.07. The van der Waals surface area contributed by atoms with Gasteiger partial charge >= 0.3 is 0 Å². The maximum Gasteiger partial charge on any atom is 0.0838 e. The number of nitrogens with two attached hydrogens (primary N) is 1. The topological polar surface area (TPSA) is 43.8 Å². The van der Waals surface area contributed by atoms with Crippen molar-refractivity contribution < 1.29 is 0 Å². The van der Waals surface area contributed by atoms with E-state index in [-0.39, 0.29) is 0 Å². The van der Waals surface area contributed by atoms with Crippen LogP contribution in [0.1, 0.15) is 12.6 Å². The summed E-state index contributed by atoms with van der Waals surface area (Å²) in [7, 11) is 0. The molecule has 0 fully saturated rings. The van der Waals surface area contributed by atoms with Gasteiger partial charge in [-0.1, -0.05) is 25.1 Å².